The maximum absolute atomic E-state index is 4.11. The molecule has 0 rings (SSSR count). The lowest BCUT2D eigenvalue weighted by molar-refractivity contribution is 0.744. The largest absolute Gasteiger partial charge is 0.299 e. The fourth-order valence-electron chi connectivity index (χ4n) is 0.381. The van der Waals surface area contributed by atoms with E-state index < -0.39 is 0 Å². The molecule has 0 aliphatic heterocycles. The zero-order valence-corrected chi connectivity index (χ0v) is 7.89. The van der Waals surface area contributed by atoms with E-state index in [2.05, 4.69) is 39.8 Å². The number of alkyl halides is 1. The molecule has 0 radical (unpaired) electrons. The predicted molar refractivity (Wildman–Crippen MR) is 50.5 cm³/mol. The van der Waals surface area contributed by atoms with Gasteiger partial charge in [0.25, 0.3) is 0 Å². The molecule has 0 aromatic heterocycles. The van der Waals surface area contributed by atoms with Crippen LogP contribution in [-0.2, 0) is 0 Å². The molecule has 1 N–H and O–H groups in total. The van der Waals surface area contributed by atoms with Crippen LogP contribution >= 0.6 is 22.6 Å². The van der Waals surface area contributed by atoms with Crippen molar-refractivity contribution in [2.45, 2.75) is 13.3 Å². The molecule has 0 aliphatic carbocycles. The Balaban J connectivity index is 2.86. The van der Waals surface area contributed by atoms with E-state index in [9.17, 15) is 0 Å². The Morgan fingerprint density at radius 2 is 2.44 bits per heavy atom. The van der Waals surface area contributed by atoms with Crippen molar-refractivity contribution in [3.8, 4) is 0 Å². The van der Waals surface area contributed by atoms with Gasteiger partial charge in [-0.05, 0) is 13.0 Å². The number of nitrogens with zero attached hydrogens (tertiary/aromatic N) is 1. The molecule has 0 atom stereocenters. The third-order valence-corrected chi connectivity index (χ3v) is 1.44. The molecule has 0 spiro atoms. The van der Waals surface area contributed by atoms with Crippen LogP contribution in [0.4, 0.5) is 0 Å². The van der Waals surface area contributed by atoms with Gasteiger partial charge in [0, 0.05) is 10.6 Å². The molecule has 9 heavy (non-hydrogen) atoms. The van der Waals surface area contributed by atoms with Gasteiger partial charge in [0.1, 0.15) is 0 Å². The zero-order valence-electron chi connectivity index (χ0n) is 5.73. The van der Waals surface area contributed by atoms with Crippen molar-refractivity contribution in [1.82, 2.24) is 5.32 Å². The molecule has 0 aliphatic rings. The first-order valence-corrected chi connectivity index (χ1v) is 4.69. The van der Waals surface area contributed by atoms with E-state index in [4.69, 9.17) is 0 Å². The number of aliphatic imine (C=N–C) groups is 1. The summed E-state index contributed by atoms with van der Waals surface area (Å²) in [6.45, 7) is 3.85. The third kappa shape index (κ3) is 8.36. The average Bonchev–Trinajstić information content (AvgIpc) is 1.89. The van der Waals surface area contributed by atoms with Crippen molar-refractivity contribution < 1.29 is 0 Å². The SMILES string of the molecule is CCNCN=CCCI. The Hall–Kier alpha value is 0.360. The molecule has 0 amide bonds. The molecule has 0 bridgehead atoms. The first-order valence-electron chi connectivity index (χ1n) is 3.16. The highest BCUT2D eigenvalue weighted by Crippen LogP contribution is 1.83. The Bertz CT molecular complexity index is 73.5. The fraction of sp³-hybridized carbons (Fsp3) is 0.833. The second kappa shape index (κ2) is 8.36. The van der Waals surface area contributed by atoms with Crippen molar-refractivity contribution in [2.75, 3.05) is 17.6 Å². The molecule has 3 heteroatoms. The van der Waals surface area contributed by atoms with Gasteiger partial charge in [0.2, 0.25) is 0 Å². The van der Waals surface area contributed by atoms with Crippen molar-refractivity contribution >= 4 is 28.8 Å². The topological polar surface area (TPSA) is 24.4 Å². The van der Waals surface area contributed by atoms with E-state index in [1.54, 1.807) is 0 Å². The van der Waals surface area contributed by atoms with Crippen molar-refractivity contribution in [1.29, 1.82) is 0 Å². The Labute approximate surface area is 70.3 Å². The van der Waals surface area contributed by atoms with Crippen LogP contribution in [0.3, 0.4) is 0 Å². The summed E-state index contributed by atoms with van der Waals surface area (Å²) in [7, 11) is 0. The fourth-order valence-corrected chi connectivity index (χ4v) is 0.660. The van der Waals surface area contributed by atoms with E-state index in [1.807, 2.05) is 6.21 Å². The second-order valence-electron chi connectivity index (χ2n) is 1.60. The van der Waals surface area contributed by atoms with Gasteiger partial charge in [-0.15, -0.1) is 0 Å². The molecule has 0 unspecified atom stereocenters. The molecule has 0 fully saturated rings. The maximum atomic E-state index is 4.11. The lowest BCUT2D eigenvalue weighted by atomic mass is 10.5. The van der Waals surface area contributed by atoms with E-state index in [0.29, 0.717) is 0 Å². The zero-order chi connectivity index (χ0) is 6.95. The summed E-state index contributed by atoms with van der Waals surface area (Å²) in [4.78, 5) is 4.11. The van der Waals surface area contributed by atoms with Gasteiger partial charge in [0.05, 0.1) is 6.67 Å². The molecular weight excluding hydrogens is 227 g/mol. The van der Waals surface area contributed by atoms with E-state index in [1.165, 1.54) is 0 Å². The number of hydrogen-bond acceptors (Lipinski definition) is 2. The molecule has 2 nitrogen and oxygen atoms in total. The normalized spacial score (nSPS) is 10.9. The third-order valence-electron chi connectivity index (χ3n) is 0.820. The van der Waals surface area contributed by atoms with Crippen LogP contribution < -0.4 is 5.32 Å². The minimum Gasteiger partial charge on any atom is -0.299 e. The number of hydrogen-bond donors (Lipinski definition) is 1. The maximum Gasteiger partial charge on any atom is 0.0880 e. The van der Waals surface area contributed by atoms with Crippen molar-refractivity contribution in [3.05, 3.63) is 0 Å². The van der Waals surface area contributed by atoms with Gasteiger partial charge >= 0.3 is 0 Å². The van der Waals surface area contributed by atoms with Crippen LogP contribution in [0.5, 0.6) is 0 Å². The summed E-state index contributed by atoms with van der Waals surface area (Å²) >= 11 is 2.34. The molecule has 0 aromatic carbocycles. The molecule has 0 aromatic rings. The molecular formula is C6H13IN2. The molecule has 0 heterocycles. The van der Waals surface area contributed by atoms with E-state index in [-0.39, 0.29) is 0 Å². The van der Waals surface area contributed by atoms with Gasteiger partial charge in [-0.25, -0.2) is 0 Å². The minimum atomic E-state index is 0.771. The summed E-state index contributed by atoms with van der Waals surface area (Å²) in [6.07, 6.45) is 3.06. The quantitative estimate of drug-likeness (QED) is 0.334. The van der Waals surface area contributed by atoms with E-state index >= 15 is 0 Å². The minimum absolute atomic E-state index is 0.771. The van der Waals surface area contributed by atoms with Gasteiger partial charge in [-0.2, -0.15) is 0 Å². The molecule has 0 saturated carbocycles. The summed E-state index contributed by atoms with van der Waals surface area (Å²) in [5.41, 5.74) is 0. The lowest BCUT2D eigenvalue weighted by Crippen LogP contribution is -2.11. The highest BCUT2D eigenvalue weighted by molar-refractivity contribution is 14.1. The highest BCUT2D eigenvalue weighted by Gasteiger charge is 1.74. The van der Waals surface area contributed by atoms with Gasteiger partial charge in [-0.1, -0.05) is 29.5 Å². The monoisotopic (exact) mass is 240 g/mol. The van der Waals surface area contributed by atoms with Crippen LogP contribution in [-0.4, -0.2) is 23.9 Å². The van der Waals surface area contributed by atoms with Crippen LogP contribution in [0.2, 0.25) is 0 Å². The first-order chi connectivity index (χ1) is 4.41. The standard InChI is InChI=1S/C6H13IN2/c1-2-8-6-9-5-3-4-7/h5,8H,2-4,6H2,1H3. The average molecular weight is 240 g/mol. The van der Waals surface area contributed by atoms with Crippen LogP contribution in [0.25, 0.3) is 0 Å². The second-order valence-corrected chi connectivity index (χ2v) is 2.68. The summed E-state index contributed by atoms with van der Waals surface area (Å²) in [5.74, 6) is 0. The lowest BCUT2D eigenvalue weighted by Gasteiger charge is -1.91. The first kappa shape index (κ1) is 9.36. The summed E-state index contributed by atoms with van der Waals surface area (Å²) < 4.78 is 1.16. The van der Waals surface area contributed by atoms with Gasteiger partial charge in [0.15, 0.2) is 0 Å². The van der Waals surface area contributed by atoms with Gasteiger partial charge in [-0.3, -0.25) is 10.3 Å². The van der Waals surface area contributed by atoms with Crippen molar-refractivity contribution in [2.24, 2.45) is 4.99 Å². The summed E-state index contributed by atoms with van der Waals surface area (Å²) in [5, 5.41) is 3.11. The van der Waals surface area contributed by atoms with Crippen LogP contribution in [0.1, 0.15) is 13.3 Å². The Morgan fingerprint density at radius 3 is 3.00 bits per heavy atom. The molecule has 0 saturated heterocycles. The summed E-state index contributed by atoms with van der Waals surface area (Å²) in [6, 6.07) is 0. The van der Waals surface area contributed by atoms with Crippen LogP contribution in [0, 0.1) is 0 Å². The van der Waals surface area contributed by atoms with Crippen LogP contribution in [0.15, 0.2) is 4.99 Å². The van der Waals surface area contributed by atoms with Gasteiger partial charge < -0.3 is 0 Å². The molecule has 54 valence electrons. The highest BCUT2D eigenvalue weighted by atomic mass is 127. The smallest absolute Gasteiger partial charge is 0.0880 e. The number of halogens is 1. The number of rotatable bonds is 5. The van der Waals surface area contributed by atoms with Crippen molar-refractivity contribution in [3.63, 3.8) is 0 Å². The number of nitrogens with one attached hydrogen (secondary N) is 1. The van der Waals surface area contributed by atoms with E-state index in [0.717, 1.165) is 24.1 Å². The Kier molecular flexibility index (Phi) is 8.69. The Morgan fingerprint density at radius 1 is 1.67 bits per heavy atom. The predicted octanol–water partition coefficient (Wildman–Crippen LogP) is 1.45.